The lowest BCUT2D eigenvalue weighted by Crippen LogP contribution is -2.33. The molecule has 0 spiro atoms. The second kappa shape index (κ2) is 78.1. The van der Waals surface area contributed by atoms with E-state index >= 15 is 0 Å². The predicted molar refractivity (Wildman–Crippen MR) is 659 cm³/mol. The molecule has 20 fully saturated rings. The predicted octanol–water partition coefficient (Wildman–Crippen LogP) is 51.2. The van der Waals surface area contributed by atoms with E-state index in [-0.39, 0.29) is 0 Å². The average Bonchev–Trinajstić information content (AvgIpc) is 1.66. The fraction of sp³-hybridized carbons (Fsp3) is 0.955. The highest BCUT2D eigenvalue weighted by atomic mass is 35.6. The van der Waals surface area contributed by atoms with Crippen molar-refractivity contribution in [3.05, 3.63) is 35.9 Å². The van der Waals surface area contributed by atoms with Gasteiger partial charge in [-0.15, -0.1) is 139 Å². The molecule has 0 aliphatic heterocycles. The first-order valence-electron chi connectivity index (χ1n) is 63.2. The SMILES string of the molecule is C1CCC2C(C1)CC1CCCCC12.C1CCCC1.C1CCCC1.CC(C)(Cl)Cl.CC(C)(Cl)Cl.CC(C)(Cl)Cl.CC(C)(Cl)Cl.CC(C)(Cl)Cl.CC(C)(Cl)Cl.CC1CC2CCC3CCCCC3C2C1.CC1CC2CCCC(c3ccccc3)C2C1.CC1CC2CCCCC2C1.CC1CC2CCCCC2C1.CC1CC2CCCCC2C1.CC1CCCC1.CCC1CCCC1.CCCCC1CCCC1.CCCCC1CCCC1. The molecule has 20 aliphatic carbocycles. The maximum Gasteiger partial charge on any atom is 0.112 e. The smallest absolute Gasteiger partial charge is 0.102 e. The fourth-order valence-electron chi connectivity index (χ4n) is 30.7. The van der Waals surface area contributed by atoms with Crippen LogP contribution in [0.25, 0.3) is 0 Å². The van der Waals surface area contributed by atoms with E-state index in [9.17, 15) is 0 Å². The van der Waals surface area contributed by atoms with Crippen LogP contribution >= 0.6 is 139 Å². The van der Waals surface area contributed by atoms with Gasteiger partial charge in [-0.25, -0.2) is 0 Å². The molecule has 1 aromatic carbocycles. The van der Waals surface area contributed by atoms with Crippen LogP contribution in [-0.2, 0) is 0 Å². The van der Waals surface area contributed by atoms with E-state index in [0.717, 1.165) is 130 Å². The van der Waals surface area contributed by atoms with Gasteiger partial charge in [0, 0.05) is 0 Å². The molecule has 852 valence electrons. The lowest BCUT2D eigenvalue weighted by molar-refractivity contribution is 0.0726. The van der Waals surface area contributed by atoms with Crippen molar-refractivity contribution >= 4 is 139 Å². The Morgan fingerprint density at radius 3 is 0.688 bits per heavy atom. The lowest BCUT2D eigenvalue weighted by atomic mass is 9.62. The first-order chi connectivity index (χ1) is 67.9. The molecule has 0 N–H and O–H groups in total. The van der Waals surface area contributed by atoms with Gasteiger partial charge in [-0.1, -0.05) is 452 Å². The molecular formula is C132H240Cl12. The molecular weight excluding hydrogens is 2010 g/mol. The zero-order chi connectivity index (χ0) is 107. The molecule has 144 heavy (non-hydrogen) atoms. The van der Waals surface area contributed by atoms with Gasteiger partial charge in [0.05, 0.1) is 0 Å². The summed E-state index contributed by atoms with van der Waals surface area (Å²) in [4.78, 5) is 0. The fourth-order valence-corrected chi connectivity index (χ4v) is 30.7. The van der Waals surface area contributed by atoms with E-state index in [1.54, 1.807) is 268 Å². The van der Waals surface area contributed by atoms with Gasteiger partial charge >= 0.3 is 0 Å². The molecule has 21 rings (SSSR count). The van der Waals surface area contributed by atoms with Gasteiger partial charge < -0.3 is 0 Å². The van der Waals surface area contributed by atoms with Gasteiger partial charge in [0.15, 0.2) is 0 Å². The number of alkyl halides is 12. The van der Waals surface area contributed by atoms with Crippen LogP contribution in [0.3, 0.4) is 0 Å². The first kappa shape index (κ1) is 139. The standard InChI is InChI=1S/C16H22.C14H24.C13H22.3C10H18.2C9H18.C7H14.C6H12.2C5H10.6C3H6Cl2/c1-12-10-14-8-5-9-15(16(14)11-12)13-6-3-2-4-7-13;1-10-8-12-7-6-11-4-2-3-5-13(11)14(12)9-10;1-3-7-12-10(5-1)9-11-6-2-4-8-13(11)12;3*1-8-6-9-4-2-3-5-10(9)7-8;2*1-2-3-6-9-7-4-5-8-9;1-2-7-5-3-4-6-7;1-6-4-2-3-5-6;2*1-2-4-5-3-1;6*1-3(2,4)5/h2-4,6-7,12,14-16H,5,8-11H2,1H3;10-14H,2-9H2,1H3;10-13H,1-9H2;3*8-10H,2-7H2,1H3;2*9H,2-8H2,1H3;7H,2-6H2,1H3;6H,2-5H2,1H3;2*1-5H2;6*1-2H3. The lowest BCUT2D eigenvalue weighted by Gasteiger charge is -2.43. The van der Waals surface area contributed by atoms with Crippen LogP contribution in [-0.4, -0.2) is 26.0 Å². The minimum Gasteiger partial charge on any atom is -0.102 e. The number of hydrogen-bond donors (Lipinski definition) is 0. The summed E-state index contributed by atoms with van der Waals surface area (Å²) in [7, 11) is 0. The van der Waals surface area contributed by atoms with E-state index in [0.29, 0.717) is 0 Å². The van der Waals surface area contributed by atoms with Crippen LogP contribution in [0.5, 0.6) is 0 Å². The Balaban J connectivity index is 0.000000323. The minimum absolute atomic E-state index is 0.556. The Kier molecular flexibility index (Phi) is 75.3. The molecule has 1 aromatic rings. The highest BCUT2D eigenvalue weighted by Gasteiger charge is 2.47. The van der Waals surface area contributed by atoms with Crippen LogP contribution in [0.15, 0.2) is 30.3 Å². The molecule has 0 radical (unpaired) electrons. The zero-order valence-electron chi connectivity index (χ0n) is 98.6. The molecule has 19 atom stereocenters. The van der Waals surface area contributed by atoms with Crippen LogP contribution in [0.1, 0.15) is 626 Å². The van der Waals surface area contributed by atoms with Crippen molar-refractivity contribution in [1.29, 1.82) is 0 Å². The number of fused-ring (bicyclic) bond motifs is 10. The third-order valence-electron chi connectivity index (χ3n) is 36.8. The minimum atomic E-state index is -0.556. The summed E-state index contributed by atoms with van der Waals surface area (Å²) >= 11 is 63.5. The van der Waals surface area contributed by atoms with Gasteiger partial charge in [0.2, 0.25) is 0 Å². The van der Waals surface area contributed by atoms with Crippen LogP contribution in [0.4, 0.5) is 0 Å². The van der Waals surface area contributed by atoms with E-state index in [4.69, 9.17) is 139 Å². The third-order valence-corrected chi connectivity index (χ3v) is 36.8. The highest BCUT2D eigenvalue weighted by Crippen LogP contribution is 2.57. The molecule has 0 aromatic heterocycles. The van der Waals surface area contributed by atoms with Gasteiger partial charge in [0.1, 0.15) is 26.0 Å². The molecule has 0 bridgehead atoms. The Morgan fingerprint density at radius 1 is 0.194 bits per heavy atom. The summed E-state index contributed by atoms with van der Waals surface area (Å²) in [6.07, 6.45) is 111. The second-order valence-corrected chi connectivity index (χ2v) is 66.6. The molecule has 0 saturated heterocycles. The Bertz CT molecular complexity index is 2790. The summed E-state index contributed by atoms with van der Waals surface area (Å²) in [5.74, 6) is 28.6. The number of unbranched alkanes of at least 4 members (excludes halogenated alkanes) is 2. The van der Waals surface area contributed by atoms with E-state index in [1.165, 1.54) is 313 Å². The zero-order valence-corrected chi connectivity index (χ0v) is 108. The first-order valence-corrected chi connectivity index (χ1v) is 67.8. The van der Waals surface area contributed by atoms with Crippen molar-refractivity contribution < 1.29 is 0 Å². The van der Waals surface area contributed by atoms with E-state index in [2.05, 4.69) is 92.6 Å². The normalized spacial score (nSPS) is 32.7. The van der Waals surface area contributed by atoms with Crippen molar-refractivity contribution in [3.63, 3.8) is 0 Å². The monoisotopic (exact) mass is 2250 g/mol. The molecule has 19 unspecified atom stereocenters. The van der Waals surface area contributed by atoms with Gasteiger partial charge in [-0.3, -0.25) is 0 Å². The summed E-state index contributed by atoms with van der Waals surface area (Å²) in [5, 5.41) is 0. The summed E-state index contributed by atoms with van der Waals surface area (Å²) in [6.45, 7) is 42.0. The van der Waals surface area contributed by atoms with Crippen LogP contribution in [0, 0.1) is 148 Å². The van der Waals surface area contributed by atoms with Gasteiger partial charge in [-0.05, 0) is 352 Å². The van der Waals surface area contributed by atoms with Gasteiger partial charge in [-0.2, -0.15) is 0 Å². The largest absolute Gasteiger partial charge is 0.112 e. The van der Waals surface area contributed by atoms with Crippen molar-refractivity contribution in [2.24, 2.45) is 148 Å². The summed E-state index contributed by atoms with van der Waals surface area (Å²) < 4.78 is -3.33. The van der Waals surface area contributed by atoms with E-state index < -0.39 is 26.0 Å². The summed E-state index contributed by atoms with van der Waals surface area (Å²) in [5.41, 5.74) is 1.60. The molecule has 12 heteroatoms. The summed E-state index contributed by atoms with van der Waals surface area (Å²) in [6, 6.07) is 11.2. The topological polar surface area (TPSA) is 0 Å². The van der Waals surface area contributed by atoms with E-state index in [1.807, 2.05) is 0 Å². The number of rotatable bonds is 8. The van der Waals surface area contributed by atoms with Crippen molar-refractivity contribution in [2.45, 2.75) is 646 Å². The maximum absolute atomic E-state index is 5.30. The number of hydrogen-bond acceptors (Lipinski definition) is 0. The Morgan fingerprint density at radius 2 is 0.410 bits per heavy atom. The van der Waals surface area contributed by atoms with Crippen molar-refractivity contribution in [3.8, 4) is 0 Å². The molecule has 0 heterocycles. The molecule has 0 amide bonds. The van der Waals surface area contributed by atoms with Gasteiger partial charge in [0.25, 0.3) is 0 Å². The quantitative estimate of drug-likeness (QED) is 0.228. The highest BCUT2D eigenvalue weighted by molar-refractivity contribution is 6.49. The number of benzene rings is 1. The Hall–Kier alpha value is 2.70. The average molecular weight is 2250 g/mol. The molecule has 20 aliphatic rings. The molecule has 20 saturated carbocycles. The maximum atomic E-state index is 5.30. The molecule has 0 nitrogen and oxygen atoms in total. The van der Waals surface area contributed by atoms with Crippen LogP contribution < -0.4 is 0 Å². The van der Waals surface area contributed by atoms with Crippen molar-refractivity contribution in [1.82, 2.24) is 0 Å². The van der Waals surface area contributed by atoms with Crippen molar-refractivity contribution in [2.75, 3.05) is 0 Å². The van der Waals surface area contributed by atoms with Crippen LogP contribution in [0.2, 0.25) is 0 Å². The third kappa shape index (κ3) is 72.0. The Labute approximate surface area is 960 Å². The number of halogens is 12. The second-order valence-electron chi connectivity index (χ2n) is 54.1.